The first-order valence-corrected chi connectivity index (χ1v) is 10.5. The molecule has 2 aromatic rings. The van der Waals surface area contributed by atoms with Crippen molar-refractivity contribution in [2.45, 2.75) is 44.8 Å². The van der Waals surface area contributed by atoms with Gasteiger partial charge >= 0.3 is 0 Å². The summed E-state index contributed by atoms with van der Waals surface area (Å²) in [6.45, 7) is 9.72. The van der Waals surface area contributed by atoms with Crippen molar-refractivity contribution >= 4 is 29.1 Å². The van der Waals surface area contributed by atoms with Crippen LogP contribution >= 0.6 is 0 Å². The van der Waals surface area contributed by atoms with Gasteiger partial charge in [0.1, 0.15) is 12.2 Å². The SMILES string of the molecule is C=CC(C)(C)[C@]12C[C@@H]3C(=O)Nc4ccccc4C(=O)N3[C@H]1N(C(C)=O)c1ccccc12. The summed E-state index contributed by atoms with van der Waals surface area (Å²) in [6, 6.07) is 14.1. The topological polar surface area (TPSA) is 69.7 Å². The number of carbonyl (C=O) groups excluding carboxylic acids is 3. The van der Waals surface area contributed by atoms with Gasteiger partial charge in [-0.3, -0.25) is 19.3 Å². The van der Waals surface area contributed by atoms with Gasteiger partial charge in [-0.25, -0.2) is 0 Å². The van der Waals surface area contributed by atoms with E-state index in [1.165, 1.54) is 6.92 Å². The van der Waals surface area contributed by atoms with Crippen molar-refractivity contribution in [1.29, 1.82) is 0 Å². The van der Waals surface area contributed by atoms with Crippen molar-refractivity contribution in [2.75, 3.05) is 10.2 Å². The van der Waals surface area contributed by atoms with E-state index in [-0.39, 0.29) is 17.7 Å². The first-order chi connectivity index (χ1) is 14.7. The minimum absolute atomic E-state index is 0.162. The number of para-hydroxylation sites is 2. The Morgan fingerprint density at radius 2 is 1.84 bits per heavy atom. The highest BCUT2D eigenvalue weighted by atomic mass is 16.2. The van der Waals surface area contributed by atoms with E-state index in [4.69, 9.17) is 0 Å². The largest absolute Gasteiger partial charge is 0.324 e. The van der Waals surface area contributed by atoms with Gasteiger partial charge in [0.25, 0.3) is 5.91 Å². The molecule has 0 spiro atoms. The molecule has 3 atom stereocenters. The van der Waals surface area contributed by atoms with Gasteiger partial charge in [0, 0.05) is 18.0 Å². The summed E-state index contributed by atoms with van der Waals surface area (Å²) < 4.78 is 0. The van der Waals surface area contributed by atoms with Gasteiger partial charge in [-0.1, -0.05) is 50.3 Å². The number of nitrogens with zero attached hydrogens (tertiary/aromatic N) is 2. The fourth-order valence-electron chi connectivity index (χ4n) is 5.78. The van der Waals surface area contributed by atoms with E-state index in [9.17, 15) is 14.4 Å². The second kappa shape index (κ2) is 6.30. The monoisotopic (exact) mass is 415 g/mol. The van der Waals surface area contributed by atoms with Crippen LogP contribution in [0.4, 0.5) is 11.4 Å². The molecule has 3 amide bonds. The summed E-state index contributed by atoms with van der Waals surface area (Å²) in [4.78, 5) is 43.5. The zero-order valence-corrected chi connectivity index (χ0v) is 17.9. The first kappa shape index (κ1) is 19.5. The van der Waals surface area contributed by atoms with E-state index in [1.807, 2.05) is 30.3 Å². The summed E-state index contributed by atoms with van der Waals surface area (Å²) in [6.07, 6.45) is 1.66. The van der Waals surface area contributed by atoms with Crippen LogP contribution in [-0.4, -0.2) is 34.8 Å². The predicted molar refractivity (Wildman–Crippen MR) is 119 cm³/mol. The highest BCUT2D eigenvalue weighted by Gasteiger charge is 2.69. The third kappa shape index (κ3) is 2.30. The Hall–Kier alpha value is -3.41. The van der Waals surface area contributed by atoms with Gasteiger partial charge in [0.15, 0.2) is 0 Å². The van der Waals surface area contributed by atoms with Crippen LogP contribution in [0, 0.1) is 5.41 Å². The summed E-state index contributed by atoms with van der Waals surface area (Å²) in [5.74, 6) is -0.636. The second-order valence-electron chi connectivity index (χ2n) is 9.14. The lowest BCUT2D eigenvalue weighted by Gasteiger charge is -2.45. The molecule has 1 N–H and O–H groups in total. The molecule has 0 unspecified atom stereocenters. The highest BCUT2D eigenvalue weighted by molar-refractivity contribution is 6.11. The quantitative estimate of drug-likeness (QED) is 0.761. The van der Waals surface area contributed by atoms with Crippen molar-refractivity contribution in [3.05, 3.63) is 72.3 Å². The molecule has 3 aliphatic heterocycles. The molecule has 3 heterocycles. The van der Waals surface area contributed by atoms with Gasteiger partial charge in [-0.05, 0) is 35.6 Å². The van der Waals surface area contributed by atoms with E-state index in [1.54, 1.807) is 34.1 Å². The number of allylic oxidation sites excluding steroid dienone is 1. The average Bonchev–Trinajstić information content (AvgIpc) is 3.22. The van der Waals surface area contributed by atoms with Crippen molar-refractivity contribution in [3.63, 3.8) is 0 Å². The maximum Gasteiger partial charge on any atom is 0.258 e. The Morgan fingerprint density at radius 1 is 1.16 bits per heavy atom. The number of rotatable bonds is 2. The van der Waals surface area contributed by atoms with Crippen LogP contribution in [0.15, 0.2) is 61.2 Å². The van der Waals surface area contributed by atoms with Crippen molar-refractivity contribution in [2.24, 2.45) is 5.41 Å². The molecule has 6 heteroatoms. The molecule has 1 saturated heterocycles. The zero-order chi connectivity index (χ0) is 22.1. The third-order valence-corrected chi connectivity index (χ3v) is 7.40. The summed E-state index contributed by atoms with van der Waals surface area (Å²) >= 11 is 0. The number of anilines is 2. The lowest BCUT2D eigenvalue weighted by atomic mass is 9.60. The molecule has 31 heavy (non-hydrogen) atoms. The third-order valence-electron chi connectivity index (χ3n) is 7.40. The minimum Gasteiger partial charge on any atom is -0.324 e. The van der Waals surface area contributed by atoms with Gasteiger partial charge in [-0.2, -0.15) is 0 Å². The molecule has 6 nitrogen and oxygen atoms in total. The average molecular weight is 415 g/mol. The molecule has 2 aromatic carbocycles. The van der Waals surface area contributed by atoms with Crippen molar-refractivity contribution in [3.8, 4) is 0 Å². The highest BCUT2D eigenvalue weighted by Crippen LogP contribution is 2.62. The molecule has 3 aliphatic rings. The Morgan fingerprint density at radius 3 is 2.55 bits per heavy atom. The zero-order valence-electron chi connectivity index (χ0n) is 17.9. The fourth-order valence-corrected chi connectivity index (χ4v) is 5.78. The van der Waals surface area contributed by atoms with Crippen LogP contribution in [0.25, 0.3) is 0 Å². The smallest absolute Gasteiger partial charge is 0.258 e. The number of benzene rings is 2. The van der Waals surface area contributed by atoms with Crippen molar-refractivity contribution < 1.29 is 14.4 Å². The maximum atomic E-state index is 13.9. The Kier molecular flexibility index (Phi) is 3.97. The number of carbonyl (C=O) groups is 3. The van der Waals surface area contributed by atoms with Gasteiger partial charge in [0.2, 0.25) is 11.8 Å². The van der Waals surface area contributed by atoms with Gasteiger partial charge in [-0.15, -0.1) is 6.58 Å². The van der Waals surface area contributed by atoms with Crippen LogP contribution in [0.1, 0.15) is 43.1 Å². The molecule has 0 aromatic heterocycles. The van der Waals surface area contributed by atoms with E-state index in [0.29, 0.717) is 17.7 Å². The molecule has 0 radical (unpaired) electrons. The molecule has 0 saturated carbocycles. The number of hydrogen-bond acceptors (Lipinski definition) is 3. The summed E-state index contributed by atoms with van der Waals surface area (Å²) in [5.41, 5.74) is 1.54. The lowest BCUT2D eigenvalue weighted by molar-refractivity contribution is -0.121. The molecular weight excluding hydrogens is 390 g/mol. The van der Waals surface area contributed by atoms with Crippen LogP contribution in [0.5, 0.6) is 0 Å². The molecular formula is C25H25N3O3. The minimum atomic E-state index is -0.695. The van der Waals surface area contributed by atoms with E-state index in [0.717, 1.165) is 11.3 Å². The predicted octanol–water partition coefficient (Wildman–Crippen LogP) is 3.70. The number of fused-ring (bicyclic) bond motifs is 6. The van der Waals surface area contributed by atoms with Crippen LogP contribution in [0.2, 0.25) is 0 Å². The van der Waals surface area contributed by atoms with E-state index >= 15 is 0 Å². The molecule has 1 fully saturated rings. The van der Waals surface area contributed by atoms with Gasteiger partial charge in [0.05, 0.1) is 11.3 Å². The van der Waals surface area contributed by atoms with E-state index in [2.05, 4.69) is 25.7 Å². The van der Waals surface area contributed by atoms with Crippen LogP contribution < -0.4 is 10.2 Å². The standard InChI is InChI=1S/C25H25N3O3/c1-5-24(3,4)25-14-20-21(30)26-18-12-8-6-10-16(18)22(31)28(20)23(25)27(15(2)29)19-13-9-7-11-17(19)25/h5-13,20,23H,1,14H2,2-4H3,(H,26,30)/t20-,23-,25+/m1/s1. The number of amides is 3. The van der Waals surface area contributed by atoms with Gasteiger partial charge < -0.3 is 10.2 Å². The molecule has 158 valence electrons. The Bertz CT molecular complexity index is 1150. The second-order valence-corrected chi connectivity index (χ2v) is 9.14. The molecule has 0 aliphatic carbocycles. The normalized spacial score (nSPS) is 26.4. The van der Waals surface area contributed by atoms with E-state index < -0.39 is 23.0 Å². The number of nitrogens with one attached hydrogen (secondary N) is 1. The lowest BCUT2D eigenvalue weighted by Crippen LogP contribution is -2.58. The van der Waals surface area contributed by atoms with Crippen LogP contribution in [-0.2, 0) is 15.0 Å². The molecule has 5 rings (SSSR count). The Balaban J connectivity index is 1.82. The van der Waals surface area contributed by atoms with Crippen LogP contribution in [0.3, 0.4) is 0 Å². The molecule has 0 bridgehead atoms. The number of hydrogen-bond donors (Lipinski definition) is 1. The van der Waals surface area contributed by atoms with Crippen molar-refractivity contribution in [1.82, 2.24) is 4.90 Å². The fraction of sp³-hybridized carbons (Fsp3) is 0.320. The first-order valence-electron chi connectivity index (χ1n) is 10.5. The summed E-state index contributed by atoms with van der Waals surface area (Å²) in [5, 5.41) is 2.94. The maximum absolute atomic E-state index is 13.9. The Labute approximate surface area is 181 Å². The summed E-state index contributed by atoms with van der Waals surface area (Å²) in [7, 11) is 0.